The van der Waals surface area contributed by atoms with Crippen LogP contribution in [0.25, 0.3) is 0 Å². The highest BCUT2D eigenvalue weighted by Gasteiger charge is 2.52. The number of benzene rings is 1. The minimum absolute atomic E-state index is 0.139. The monoisotopic (exact) mass is 334 g/mol. The van der Waals surface area contributed by atoms with Crippen LogP contribution in [0.2, 0.25) is 0 Å². The van der Waals surface area contributed by atoms with Gasteiger partial charge in [-0.25, -0.2) is 0 Å². The number of aliphatic hydroxyl groups excluding tert-OH is 1. The Morgan fingerprint density at radius 1 is 1.00 bits per heavy atom. The molecule has 0 saturated heterocycles. The number of carbonyl (C=O) groups is 2. The fraction of sp³-hybridized carbons (Fsp3) is 0.556. The molecule has 130 valence electrons. The van der Waals surface area contributed by atoms with E-state index in [4.69, 9.17) is 4.74 Å². The van der Waals surface area contributed by atoms with Gasteiger partial charge in [0.1, 0.15) is 11.5 Å². The van der Waals surface area contributed by atoms with E-state index in [1.807, 2.05) is 20.8 Å². The Kier molecular flexibility index (Phi) is 3.92. The highest BCUT2D eigenvalue weighted by Crippen LogP contribution is 2.46. The van der Waals surface area contributed by atoms with Crippen LogP contribution in [0.15, 0.2) is 12.1 Å². The fourth-order valence-corrected chi connectivity index (χ4v) is 3.84. The maximum absolute atomic E-state index is 13.0. The van der Waals surface area contributed by atoms with Crippen LogP contribution in [0.3, 0.4) is 0 Å². The lowest BCUT2D eigenvalue weighted by Crippen LogP contribution is -2.51. The molecule has 6 nitrogen and oxygen atoms in total. The van der Waals surface area contributed by atoms with E-state index < -0.39 is 41.2 Å². The molecule has 3 N–H and O–H groups in total. The summed E-state index contributed by atoms with van der Waals surface area (Å²) in [5.74, 6) is -3.00. The summed E-state index contributed by atoms with van der Waals surface area (Å²) in [5, 5.41) is 30.2. The molecule has 0 heterocycles. The van der Waals surface area contributed by atoms with Crippen LogP contribution < -0.4 is 0 Å². The number of hydrogen-bond donors (Lipinski definition) is 3. The van der Waals surface area contributed by atoms with Crippen LogP contribution in [-0.2, 0) is 4.74 Å². The smallest absolute Gasteiger partial charge is 0.173 e. The first kappa shape index (κ1) is 16.9. The van der Waals surface area contributed by atoms with Gasteiger partial charge >= 0.3 is 0 Å². The van der Waals surface area contributed by atoms with Gasteiger partial charge in [0.25, 0.3) is 0 Å². The number of ketones is 2. The Hall–Kier alpha value is -1.92. The number of rotatable bonds is 1. The second-order valence-corrected chi connectivity index (χ2v) is 7.61. The van der Waals surface area contributed by atoms with E-state index in [1.54, 1.807) is 0 Å². The molecule has 4 atom stereocenters. The quantitative estimate of drug-likeness (QED) is 0.679. The molecular weight excluding hydrogens is 312 g/mol. The van der Waals surface area contributed by atoms with Gasteiger partial charge in [0.15, 0.2) is 11.6 Å². The Labute approximate surface area is 140 Å². The van der Waals surface area contributed by atoms with Gasteiger partial charge < -0.3 is 20.1 Å². The summed E-state index contributed by atoms with van der Waals surface area (Å²) >= 11 is 0. The number of phenolic OH excluding ortho intramolecular Hbond substituents is 2. The SMILES string of the molecule is CC(C)(C)O[C@@H]1C[C@@H](O)C[C@H]2C(=O)c3c(O)ccc(O)c3C(=O)[C@H]12. The molecule has 0 aromatic heterocycles. The fourth-order valence-electron chi connectivity index (χ4n) is 3.84. The molecule has 1 aromatic rings. The zero-order chi connectivity index (χ0) is 17.8. The van der Waals surface area contributed by atoms with Crippen LogP contribution in [-0.4, -0.2) is 44.7 Å². The number of aromatic hydroxyl groups is 2. The van der Waals surface area contributed by atoms with Crippen LogP contribution >= 0.6 is 0 Å². The molecule has 1 saturated carbocycles. The first-order chi connectivity index (χ1) is 11.1. The molecular formula is C18H22O6. The summed E-state index contributed by atoms with van der Waals surface area (Å²) in [6, 6.07) is 2.40. The summed E-state index contributed by atoms with van der Waals surface area (Å²) in [7, 11) is 0. The van der Waals surface area contributed by atoms with E-state index in [9.17, 15) is 24.9 Å². The Morgan fingerprint density at radius 2 is 1.54 bits per heavy atom. The van der Waals surface area contributed by atoms with Gasteiger partial charge in [-0.1, -0.05) is 0 Å². The topological polar surface area (TPSA) is 104 Å². The van der Waals surface area contributed by atoms with Gasteiger partial charge in [-0.05, 0) is 39.3 Å². The molecule has 1 aromatic carbocycles. The highest BCUT2D eigenvalue weighted by molar-refractivity contribution is 6.19. The van der Waals surface area contributed by atoms with Crippen molar-refractivity contribution >= 4 is 11.6 Å². The lowest BCUT2D eigenvalue weighted by atomic mass is 9.65. The van der Waals surface area contributed by atoms with Crippen LogP contribution in [0.5, 0.6) is 11.5 Å². The standard InChI is InChI=1S/C18H22O6/c1-18(2,3)24-12-7-8(19)6-9-13(12)17(23)15-11(21)5-4-10(20)14(15)16(9)22/h4-5,8-9,12-13,19-21H,6-7H2,1-3H3/t8-,9+,12+,13-/m0/s1. The normalized spacial score (nSPS) is 30.0. The molecule has 0 aliphatic heterocycles. The molecule has 0 radical (unpaired) electrons. The maximum atomic E-state index is 13.0. The average Bonchev–Trinajstić information content (AvgIpc) is 2.44. The zero-order valence-electron chi connectivity index (χ0n) is 13.9. The van der Waals surface area contributed by atoms with Crippen molar-refractivity contribution in [3.05, 3.63) is 23.3 Å². The van der Waals surface area contributed by atoms with Gasteiger partial charge in [0, 0.05) is 12.3 Å². The largest absolute Gasteiger partial charge is 0.507 e. The van der Waals surface area contributed by atoms with Crippen molar-refractivity contribution in [1.82, 2.24) is 0 Å². The van der Waals surface area contributed by atoms with E-state index in [2.05, 4.69) is 0 Å². The summed E-state index contributed by atoms with van der Waals surface area (Å²) in [5.41, 5.74) is -0.832. The third-order valence-corrected chi connectivity index (χ3v) is 4.66. The average molecular weight is 334 g/mol. The van der Waals surface area contributed by atoms with Gasteiger partial charge in [-0.2, -0.15) is 0 Å². The van der Waals surface area contributed by atoms with Crippen LogP contribution in [0.4, 0.5) is 0 Å². The van der Waals surface area contributed by atoms with Crippen LogP contribution in [0, 0.1) is 11.8 Å². The summed E-state index contributed by atoms with van der Waals surface area (Å²) in [4.78, 5) is 25.8. The number of phenols is 2. The van der Waals surface area contributed by atoms with Gasteiger partial charge in [-0.3, -0.25) is 9.59 Å². The van der Waals surface area contributed by atoms with E-state index in [0.717, 1.165) is 0 Å². The lowest BCUT2D eigenvalue weighted by molar-refractivity contribution is -0.118. The number of hydrogen-bond acceptors (Lipinski definition) is 6. The van der Waals surface area contributed by atoms with Crippen molar-refractivity contribution in [3.8, 4) is 11.5 Å². The van der Waals surface area contributed by atoms with Crippen molar-refractivity contribution < 1.29 is 29.6 Å². The van der Waals surface area contributed by atoms with Crippen molar-refractivity contribution in [2.45, 2.75) is 51.4 Å². The molecule has 1 fully saturated rings. The molecule has 2 aliphatic rings. The number of ether oxygens (including phenoxy) is 1. The highest BCUT2D eigenvalue weighted by atomic mass is 16.5. The van der Waals surface area contributed by atoms with E-state index in [-0.39, 0.29) is 35.5 Å². The van der Waals surface area contributed by atoms with Gasteiger partial charge in [0.2, 0.25) is 0 Å². The second kappa shape index (κ2) is 5.57. The summed E-state index contributed by atoms with van der Waals surface area (Å²) in [6.07, 6.45) is -0.971. The molecule has 24 heavy (non-hydrogen) atoms. The molecule has 0 spiro atoms. The third kappa shape index (κ3) is 2.70. The summed E-state index contributed by atoms with van der Waals surface area (Å²) in [6.45, 7) is 5.53. The Bertz CT molecular complexity index is 702. The van der Waals surface area contributed by atoms with E-state index in [0.29, 0.717) is 0 Å². The molecule has 2 aliphatic carbocycles. The summed E-state index contributed by atoms with van der Waals surface area (Å²) < 4.78 is 5.95. The Balaban J connectivity index is 2.11. The van der Waals surface area contributed by atoms with Gasteiger partial charge in [0.05, 0.1) is 34.9 Å². The zero-order valence-corrected chi connectivity index (χ0v) is 13.9. The first-order valence-corrected chi connectivity index (χ1v) is 8.09. The minimum atomic E-state index is -0.764. The van der Waals surface area contributed by atoms with Crippen molar-refractivity contribution in [1.29, 1.82) is 0 Å². The third-order valence-electron chi connectivity index (χ3n) is 4.66. The van der Waals surface area contributed by atoms with Crippen molar-refractivity contribution in [2.75, 3.05) is 0 Å². The Morgan fingerprint density at radius 3 is 2.08 bits per heavy atom. The number of fused-ring (bicyclic) bond motifs is 2. The second-order valence-electron chi connectivity index (χ2n) is 7.61. The number of carbonyl (C=O) groups excluding carboxylic acids is 2. The molecule has 0 unspecified atom stereocenters. The molecule has 3 rings (SSSR count). The molecule has 6 heteroatoms. The van der Waals surface area contributed by atoms with Crippen molar-refractivity contribution in [3.63, 3.8) is 0 Å². The van der Waals surface area contributed by atoms with Crippen LogP contribution in [0.1, 0.15) is 54.3 Å². The number of aliphatic hydroxyl groups is 1. The van der Waals surface area contributed by atoms with E-state index in [1.165, 1.54) is 12.1 Å². The first-order valence-electron chi connectivity index (χ1n) is 8.09. The molecule has 0 bridgehead atoms. The predicted octanol–water partition coefficient (Wildman–Crippen LogP) is 2.05. The van der Waals surface area contributed by atoms with E-state index >= 15 is 0 Å². The lowest BCUT2D eigenvalue weighted by Gasteiger charge is -2.43. The predicted molar refractivity (Wildman–Crippen MR) is 85.3 cm³/mol. The molecule has 0 amide bonds. The number of Topliss-reactive ketones (excluding diaryl/α,β-unsaturated/α-hetero) is 2. The van der Waals surface area contributed by atoms with Crippen molar-refractivity contribution in [2.24, 2.45) is 11.8 Å². The van der Waals surface area contributed by atoms with Gasteiger partial charge in [-0.15, -0.1) is 0 Å². The maximum Gasteiger partial charge on any atom is 0.173 e. The minimum Gasteiger partial charge on any atom is -0.507 e.